The molecule has 112 valence electrons. The molecular formula is C15H21N5O. The summed E-state index contributed by atoms with van der Waals surface area (Å²) in [4.78, 5) is 4.54. The molecule has 2 heterocycles. The normalized spacial score (nSPS) is 11.4. The van der Waals surface area contributed by atoms with E-state index in [0.29, 0.717) is 13.1 Å². The van der Waals surface area contributed by atoms with Crippen molar-refractivity contribution in [3.63, 3.8) is 0 Å². The van der Waals surface area contributed by atoms with Crippen LogP contribution >= 0.6 is 0 Å². The number of aromatic nitrogens is 2. The maximum atomic E-state index is 5.30. The molecule has 2 rings (SSSR count). The Hall–Kier alpha value is -2.50. The molecule has 0 atom stereocenters. The van der Waals surface area contributed by atoms with Gasteiger partial charge in [-0.05, 0) is 18.2 Å². The van der Waals surface area contributed by atoms with Crippen molar-refractivity contribution in [3.05, 3.63) is 54.8 Å². The predicted octanol–water partition coefficient (Wildman–Crippen LogP) is 1.48. The minimum absolute atomic E-state index is 0.573. The van der Waals surface area contributed by atoms with E-state index in [-0.39, 0.29) is 0 Å². The van der Waals surface area contributed by atoms with Gasteiger partial charge in [-0.1, -0.05) is 6.08 Å². The largest absolute Gasteiger partial charge is 0.469 e. The molecule has 2 aromatic rings. The lowest BCUT2D eigenvalue weighted by Crippen LogP contribution is -2.38. The third kappa shape index (κ3) is 4.83. The number of hydrogen-bond acceptors (Lipinski definition) is 3. The van der Waals surface area contributed by atoms with Crippen LogP contribution in [0.5, 0.6) is 0 Å². The Bertz CT molecular complexity index is 571. The lowest BCUT2D eigenvalue weighted by Gasteiger charge is -2.10. The van der Waals surface area contributed by atoms with Crippen molar-refractivity contribution in [1.82, 2.24) is 20.4 Å². The molecule has 0 aliphatic rings. The van der Waals surface area contributed by atoms with Crippen LogP contribution in [-0.2, 0) is 20.0 Å². The highest BCUT2D eigenvalue weighted by Gasteiger charge is 2.01. The highest BCUT2D eigenvalue weighted by molar-refractivity contribution is 5.79. The number of nitrogens with one attached hydrogen (secondary N) is 2. The molecule has 0 fully saturated rings. The van der Waals surface area contributed by atoms with Gasteiger partial charge in [-0.3, -0.25) is 4.68 Å². The first-order valence-electron chi connectivity index (χ1n) is 6.92. The minimum Gasteiger partial charge on any atom is -0.469 e. The number of guanidine groups is 1. The van der Waals surface area contributed by atoms with Crippen molar-refractivity contribution in [2.75, 3.05) is 13.1 Å². The lowest BCUT2D eigenvalue weighted by molar-refractivity contribution is 0.507. The van der Waals surface area contributed by atoms with Crippen LogP contribution in [-0.4, -0.2) is 28.8 Å². The zero-order valence-corrected chi connectivity index (χ0v) is 12.2. The Morgan fingerprint density at radius 1 is 1.48 bits per heavy atom. The second-order valence-corrected chi connectivity index (χ2v) is 4.54. The van der Waals surface area contributed by atoms with Crippen molar-refractivity contribution in [1.29, 1.82) is 0 Å². The summed E-state index contributed by atoms with van der Waals surface area (Å²) >= 11 is 0. The summed E-state index contributed by atoms with van der Waals surface area (Å²) in [6.07, 6.45) is 6.07. The van der Waals surface area contributed by atoms with Crippen molar-refractivity contribution in [3.8, 4) is 0 Å². The second-order valence-electron chi connectivity index (χ2n) is 4.54. The van der Waals surface area contributed by atoms with E-state index < -0.39 is 0 Å². The van der Waals surface area contributed by atoms with Gasteiger partial charge in [0.2, 0.25) is 0 Å². The van der Waals surface area contributed by atoms with Gasteiger partial charge in [0.25, 0.3) is 0 Å². The fourth-order valence-corrected chi connectivity index (χ4v) is 1.82. The number of aliphatic imine (C=N–C) groups is 1. The smallest absolute Gasteiger partial charge is 0.191 e. The first kappa shape index (κ1) is 14.9. The molecule has 0 bridgehead atoms. The molecule has 6 heteroatoms. The summed E-state index contributed by atoms with van der Waals surface area (Å²) in [5, 5.41) is 10.6. The summed E-state index contributed by atoms with van der Waals surface area (Å²) in [6, 6.07) is 5.81. The molecule has 0 amide bonds. The number of aryl methyl sites for hydroxylation is 1. The average Bonchev–Trinajstić information content (AvgIpc) is 3.13. The van der Waals surface area contributed by atoms with E-state index in [1.807, 2.05) is 29.9 Å². The van der Waals surface area contributed by atoms with Crippen molar-refractivity contribution >= 4 is 5.96 Å². The van der Waals surface area contributed by atoms with Crippen LogP contribution in [0.15, 0.2) is 52.7 Å². The quantitative estimate of drug-likeness (QED) is 0.460. The van der Waals surface area contributed by atoms with Crippen LogP contribution in [0.2, 0.25) is 0 Å². The summed E-state index contributed by atoms with van der Waals surface area (Å²) in [6.45, 7) is 5.69. The van der Waals surface area contributed by atoms with Gasteiger partial charge in [0.1, 0.15) is 5.76 Å². The van der Waals surface area contributed by atoms with E-state index in [9.17, 15) is 0 Å². The van der Waals surface area contributed by atoms with Crippen LogP contribution in [0.25, 0.3) is 0 Å². The van der Waals surface area contributed by atoms with Gasteiger partial charge in [0.15, 0.2) is 5.96 Å². The molecule has 2 N–H and O–H groups in total. The second kappa shape index (κ2) is 7.94. The molecule has 6 nitrogen and oxygen atoms in total. The standard InChI is InChI=1S/C15H21N5O/c1-3-8-16-15(17-9-7-14-5-4-11-21-14)18-12-13-6-10-19-20(13)2/h3-6,10-11H,1,7-9,12H2,2H3,(H2,16,17,18). The molecule has 2 aromatic heterocycles. The van der Waals surface area contributed by atoms with E-state index >= 15 is 0 Å². The topological polar surface area (TPSA) is 67.4 Å². The van der Waals surface area contributed by atoms with Gasteiger partial charge in [-0.25, -0.2) is 4.99 Å². The van der Waals surface area contributed by atoms with Gasteiger partial charge in [-0.15, -0.1) is 6.58 Å². The summed E-state index contributed by atoms with van der Waals surface area (Å²) in [7, 11) is 1.91. The molecular weight excluding hydrogens is 266 g/mol. The Labute approximate surface area is 124 Å². The number of hydrogen-bond donors (Lipinski definition) is 2. The lowest BCUT2D eigenvalue weighted by atomic mass is 10.3. The summed E-state index contributed by atoms with van der Waals surface area (Å²) < 4.78 is 7.12. The summed E-state index contributed by atoms with van der Waals surface area (Å²) in [5.41, 5.74) is 1.06. The molecule has 21 heavy (non-hydrogen) atoms. The maximum Gasteiger partial charge on any atom is 0.191 e. The third-order valence-electron chi connectivity index (χ3n) is 2.98. The zero-order chi connectivity index (χ0) is 14.9. The zero-order valence-electron chi connectivity index (χ0n) is 12.2. The van der Waals surface area contributed by atoms with Crippen LogP contribution in [0.1, 0.15) is 11.5 Å². The molecule has 0 radical (unpaired) electrons. The molecule has 0 aromatic carbocycles. The highest BCUT2D eigenvalue weighted by atomic mass is 16.3. The van der Waals surface area contributed by atoms with E-state index in [1.54, 1.807) is 18.5 Å². The van der Waals surface area contributed by atoms with E-state index in [1.165, 1.54) is 0 Å². The predicted molar refractivity (Wildman–Crippen MR) is 83.0 cm³/mol. The van der Waals surface area contributed by atoms with Gasteiger partial charge in [0.05, 0.1) is 18.5 Å². The van der Waals surface area contributed by atoms with Gasteiger partial charge >= 0.3 is 0 Å². The monoisotopic (exact) mass is 287 g/mol. The van der Waals surface area contributed by atoms with Crippen LogP contribution < -0.4 is 10.6 Å². The fraction of sp³-hybridized carbons (Fsp3) is 0.333. The number of nitrogens with zero attached hydrogens (tertiary/aromatic N) is 3. The summed E-state index contributed by atoms with van der Waals surface area (Å²) in [5.74, 6) is 1.71. The van der Waals surface area contributed by atoms with Crippen molar-refractivity contribution < 1.29 is 4.42 Å². The SMILES string of the molecule is C=CCNC(=NCc1ccnn1C)NCCc1ccco1. The van der Waals surface area contributed by atoms with E-state index in [0.717, 1.165) is 30.4 Å². The van der Waals surface area contributed by atoms with Crippen LogP contribution in [0, 0.1) is 0 Å². The van der Waals surface area contributed by atoms with E-state index in [4.69, 9.17) is 4.42 Å². The number of furan rings is 1. The Morgan fingerprint density at radius 3 is 3.05 bits per heavy atom. The van der Waals surface area contributed by atoms with E-state index in [2.05, 4.69) is 27.3 Å². The molecule has 0 spiro atoms. The average molecular weight is 287 g/mol. The third-order valence-corrected chi connectivity index (χ3v) is 2.98. The molecule has 0 saturated heterocycles. The van der Waals surface area contributed by atoms with Gasteiger partial charge < -0.3 is 15.1 Å². The highest BCUT2D eigenvalue weighted by Crippen LogP contribution is 2.00. The fourth-order valence-electron chi connectivity index (χ4n) is 1.82. The van der Waals surface area contributed by atoms with Crippen LogP contribution in [0.4, 0.5) is 0 Å². The van der Waals surface area contributed by atoms with Crippen molar-refractivity contribution in [2.24, 2.45) is 12.0 Å². The molecule has 0 aliphatic carbocycles. The van der Waals surface area contributed by atoms with Gasteiger partial charge in [0, 0.05) is 32.8 Å². The first-order chi connectivity index (χ1) is 10.3. The first-order valence-corrected chi connectivity index (χ1v) is 6.92. The van der Waals surface area contributed by atoms with Crippen molar-refractivity contribution in [2.45, 2.75) is 13.0 Å². The molecule has 0 saturated carbocycles. The maximum absolute atomic E-state index is 5.30. The minimum atomic E-state index is 0.573. The Balaban J connectivity index is 1.87. The van der Waals surface area contributed by atoms with Gasteiger partial charge in [-0.2, -0.15) is 5.10 Å². The molecule has 0 unspecified atom stereocenters. The number of rotatable bonds is 7. The Morgan fingerprint density at radius 2 is 2.38 bits per heavy atom. The Kier molecular flexibility index (Phi) is 5.63. The molecule has 0 aliphatic heterocycles. The van der Waals surface area contributed by atoms with Crippen LogP contribution in [0.3, 0.4) is 0 Å².